The highest BCUT2D eigenvalue weighted by molar-refractivity contribution is 8.00. The van der Waals surface area contributed by atoms with Crippen LogP contribution in [0.4, 0.5) is 0 Å². The van der Waals surface area contributed by atoms with E-state index in [1.165, 1.54) is 18.6 Å². The summed E-state index contributed by atoms with van der Waals surface area (Å²) in [5.74, 6) is 2.35. The second-order valence-corrected chi connectivity index (χ2v) is 6.29. The van der Waals surface area contributed by atoms with Crippen molar-refractivity contribution < 1.29 is 0 Å². The molecule has 0 aromatic rings. The Morgan fingerprint density at radius 1 is 1.36 bits per heavy atom. The highest BCUT2D eigenvalue weighted by atomic mass is 32.2. The van der Waals surface area contributed by atoms with Gasteiger partial charge in [-0.05, 0) is 29.9 Å². The van der Waals surface area contributed by atoms with Gasteiger partial charge >= 0.3 is 0 Å². The highest BCUT2D eigenvalue weighted by Crippen LogP contribution is 2.39. The van der Waals surface area contributed by atoms with Crippen LogP contribution in [0.3, 0.4) is 0 Å². The fourth-order valence-corrected chi connectivity index (χ4v) is 3.51. The number of hydrogen-bond donors (Lipinski definition) is 0. The maximum atomic E-state index is 2.40. The van der Waals surface area contributed by atoms with Crippen molar-refractivity contribution >= 4 is 11.8 Å². The Kier molecular flexibility index (Phi) is 2.90. The average Bonchev–Trinajstić information content (AvgIpc) is 2.12. The molecule has 0 nitrogen and oxygen atoms in total. The topological polar surface area (TPSA) is 0 Å². The Bertz CT molecular complexity index is 123. The third kappa shape index (κ3) is 3.06. The average molecular weight is 172 g/mol. The summed E-state index contributed by atoms with van der Waals surface area (Å²) in [7, 11) is 0. The Labute approximate surface area is 75.1 Å². The molecule has 0 saturated carbocycles. The van der Waals surface area contributed by atoms with E-state index in [9.17, 15) is 0 Å². The summed E-state index contributed by atoms with van der Waals surface area (Å²) in [6.45, 7) is 9.44. The van der Waals surface area contributed by atoms with Crippen LogP contribution in [0.5, 0.6) is 0 Å². The van der Waals surface area contributed by atoms with Crippen LogP contribution in [-0.4, -0.2) is 11.0 Å². The zero-order valence-electron chi connectivity index (χ0n) is 8.18. The SMILES string of the molecule is C[C@H]1CCS[C@@H]1CC(C)(C)C. The molecule has 0 aliphatic carbocycles. The lowest BCUT2D eigenvalue weighted by Crippen LogP contribution is -2.17. The summed E-state index contributed by atoms with van der Waals surface area (Å²) in [4.78, 5) is 0. The van der Waals surface area contributed by atoms with Crippen molar-refractivity contribution in [3.05, 3.63) is 0 Å². The summed E-state index contributed by atoms with van der Waals surface area (Å²) in [5, 5.41) is 0.940. The summed E-state index contributed by atoms with van der Waals surface area (Å²) >= 11 is 2.18. The van der Waals surface area contributed by atoms with Crippen LogP contribution in [0.1, 0.15) is 40.5 Å². The van der Waals surface area contributed by atoms with Crippen LogP contribution in [0, 0.1) is 11.3 Å². The highest BCUT2D eigenvalue weighted by Gasteiger charge is 2.27. The summed E-state index contributed by atoms with van der Waals surface area (Å²) in [6.07, 6.45) is 2.82. The van der Waals surface area contributed by atoms with Crippen molar-refractivity contribution in [2.24, 2.45) is 11.3 Å². The molecule has 0 aromatic carbocycles. The van der Waals surface area contributed by atoms with E-state index >= 15 is 0 Å². The van der Waals surface area contributed by atoms with Crippen molar-refractivity contribution in [3.8, 4) is 0 Å². The molecule has 1 saturated heterocycles. The molecular formula is C10H20S. The van der Waals surface area contributed by atoms with Gasteiger partial charge in [0.2, 0.25) is 0 Å². The van der Waals surface area contributed by atoms with Gasteiger partial charge in [-0.3, -0.25) is 0 Å². The molecule has 0 aromatic heterocycles. The first-order valence-electron chi connectivity index (χ1n) is 4.61. The monoisotopic (exact) mass is 172 g/mol. The molecule has 1 heteroatoms. The van der Waals surface area contributed by atoms with Gasteiger partial charge in [-0.25, -0.2) is 0 Å². The lowest BCUT2D eigenvalue weighted by molar-refractivity contribution is 0.343. The third-order valence-electron chi connectivity index (χ3n) is 2.35. The van der Waals surface area contributed by atoms with E-state index in [1.807, 2.05) is 0 Å². The predicted molar refractivity (Wildman–Crippen MR) is 54.1 cm³/mol. The van der Waals surface area contributed by atoms with E-state index in [0.29, 0.717) is 5.41 Å². The van der Waals surface area contributed by atoms with Crippen molar-refractivity contribution in [1.82, 2.24) is 0 Å². The molecule has 1 aliphatic rings. The zero-order valence-corrected chi connectivity index (χ0v) is 9.00. The predicted octanol–water partition coefficient (Wildman–Crippen LogP) is 3.56. The van der Waals surface area contributed by atoms with Gasteiger partial charge in [0.1, 0.15) is 0 Å². The zero-order chi connectivity index (χ0) is 8.48. The standard InChI is InChI=1S/C10H20S/c1-8-5-6-11-9(8)7-10(2,3)4/h8-9H,5-7H2,1-4H3/t8-,9+/m0/s1. The third-order valence-corrected chi connectivity index (χ3v) is 3.88. The largest absolute Gasteiger partial charge is 0.158 e. The lowest BCUT2D eigenvalue weighted by Gasteiger charge is -2.24. The maximum Gasteiger partial charge on any atom is 0.00779 e. The van der Waals surface area contributed by atoms with Crippen LogP contribution in [0.25, 0.3) is 0 Å². The van der Waals surface area contributed by atoms with E-state index in [4.69, 9.17) is 0 Å². The molecule has 0 N–H and O–H groups in total. The second kappa shape index (κ2) is 3.38. The van der Waals surface area contributed by atoms with Gasteiger partial charge in [-0.15, -0.1) is 0 Å². The first-order valence-corrected chi connectivity index (χ1v) is 5.65. The fraction of sp³-hybridized carbons (Fsp3) is 1.00. The van der Waals surface area contributed by atoms with Gasteiger partial charge < -0.3 is 0 Å². The van der Waals surface area contributed by atoms with E-state index in [0.717, 1.165) is 11.2 Å². The normalized spacial score (nSPS) is 32.7. The minimum Gasteiger partial charge on any atom is -0.158 e. The summed E-state index contributed by atoms with van der Waals surface area (Å²) < 4.78 is 0. The lowest BCUT2D eigenvalue weighted by atomic mass is 9.86. The summed E-state index contributed by atoms with van der Waals surface area (Å²) in [5.41, 5.74) is 0.524. The molecule has 0 bridgehead atoms. The van der Waals surface area contributed by atoms with Crippen LogP contribution >= 0.6 is 11.8 Å². The smallest absolute Gasteiger partial charge is 0.00779 e. The van der Waals surface area contributed by atoms with E-state index < -0.39 is 0 Å². The van der Waals surface area contributed by atoms with E-state index in [1.54, 1.807) is 0 Å². The molecule has 0 radical (unpaired) electrons. The quantitative estimate of drug-likeness (QED) is 0.583. The van der Waals surface area contributed by atoms with Gasteiger partial charge in [0, 0.05) is 5.25 Å². The molecular weight excluding hydrogens is 152 g/mol. The van der Waals surface area contributed by atoms with E-state index in [-0.39, 0.29) is 0 Å². The summed E-state index contributed by atoms with van der Waals surface area (Å²) in [6, 6.07) is 0. The second-order valence-electron chi connectivity index (χ2n) is 4.94. The maximum absolute atomic E-state index is 2.40. The Morgan fingerprint density at radius 2 is 2.00 bits per heavy atom. The minimum absolute atomic E-state index is 0.524. The molecule has 1 heterocycles. The van der Waals surface area contributed by atoms with Crippen LogP contribution in [-0.2, 0) is 0 Å². The van der Waals surface area contributed by atoms with Crippen molar-refractivity contribution in [2.75, 3.05) is 5.75 Å². The van der Waals surface area contributed by atoms with Crippen molar-refractivity contribution in [1.29, 1.82) is 0 Å². The molecule has 1 fully saturated rings. The first-order chi connectivity index (χ1) is 4.99. The van der Waals surface area contributed by atoms with Gasteiger partial charge in [0.05, 0.1) is 0 Å². The van der Waals surface area contributed by atoms with Crippen LogP contribution < -0.4 is 0 Å². The van der Waals surface area contributed by atoms with E-state index in [2.05, 4.69) is 39.5 Å². The fourth-order valence-electron chi connectivity index (χ4n) is 1.62. The molecule has 1 rings (SSSR count). The molecule has 1 aliphatic heterocycles. The van der Waals surface area contributed by atoms with Crippen LogP contribution in [0.15, 0.2) is 0 Å². The molecule has 11 heavy (non-hydrogen) atoms. The van der Waals surface area contributed by atoms with Gasteiger partial charge in [0.15, 0.2) is 0 Å². The van der Waals surface area contributed by atoms with Gasteiger partial charge in [-0.2, -0.15) is 11.8 Å². The molecule has 66 valence electrons. The Hall–Kier alpha value is 0.350. The minimum atomic E-state index is 0.524. The molecule has 0 spiro atoms. The molecule has 0 unspecified atom stereocenters. The molecule has 2 atom stereocenters. The van der Waals surface area contributed by atoms with Gasteiger partial charge in [-0.1, -0.05) is 27.7 Å². The van der Waals surface area contributed by atoms with Crippen molar-refractivity contribution in [3.63, 3.8) is 0 Å². The number of thioether (sulfide) groups is 1. The molecule has 0 amide bonds. The Balaban J connectivity index is 2.37. The van der Waals surface area contributed by atoms with Gasteiger partial charge in [0.25, 0.3) is 0 Å². The number of rotatable bonds is 1. The van der Waals surface area contributed by atoms with Crippen molar-refractivity contribution in [2.45, 2.75) is 45.8 Å². The first kappa shape index (κ1) is 9.44. The Morgan fingerprint density at radius 3 is 2.36 bits per heavy atom. The number of hydrogen-bond acceptors (Lipinski definition) is 1. The van der Waals surface area contributed by atoms with Crippen LogP contribution in [0.2, 0.25) is 0 Å².